The van der Waals surface area contributed by atoms with Gasteiger partial charge in [0, 0.05) is 28.3 Å². The molecule has 0 aromatic heterocycles. The molecule has 3 nitrogen and oxygen atoms in total. The summed E-state index contributed by atoms with van der Waals surface area (Å²) in [7, 11) is -0.669. The first-order chi connectivity index (χ1) is 6.70. The van der Waals surface area contributed by atoms with Crippen LogP contribution in [0.15, 0.2) is 0 Å². The van der Waals surface area contributed by atoms with Crippen LogP contribution in [0.3, 0.4) is 0 Å². The van der Waals surface area contributed by atoms with Crippen LogP contribution in [0.2, 0.25) is 0 Å². The number of nitrogens with one attached hydrogen (secondary N) is 2. The molecule has 1 rings (SSSR count). The number of hydrogen-bond acceptors (Lipinski definition) is 3. The zero-order valence-electron chi connectivity index (χ0n) is 9.21. The highest BCUT2D eigenvalue weighted by atomic mass is 32.2. The van der Waals surface area contributed by atoms with E-state index >= 15 is 0 Å². The van der Waals surface area contributed by atoms with Crippen LogP contribution in [0.5, 0.6) is 0 Å². The highest BCUT2D eigenvalue weighted by Gasteiger charge is 2.12. The normalized spacial score (nSPS) is 23.3. The van der Waals surface area contributed by atoms with Crippen molar-refractivity contribution in [1.82, 2.24) is 10.6 Å². The van der Waals surface area contributed by atoms with Gasteiger partial charge < -0.3 is 10.6 Å². The summed E-state index contributed by atoms with van der Waals surface area (Å²) in [5.41, 5.74) is 0. The average Bonchev–Trinajstić information content (AvgIpc) is 2.19. The van der Waals surface area contributed by atoms with Crippen LogP contribution in [0, 0.1) is 0 Å². The van der Waals surface area contributed by atoms with Crippen molar-refractivity contribution in [3.8, 4) is 0 Å². The van der Waals surface area contributed by atoms with E-state index in [1.165, 1.54) is 12.8 Å². The lowest BCUT2D eigenvalue weighted by molar-refractivity contribution is 0.386. The first-order valence-electron chi connectivity index (χ1n) is 5.46. The second-order valence-corrected chi connectivity index (χ2v) is 5.88. The molecule has 1 heterocycles. The molecule has 0 aromatic rings. The van der Waals surface area contributed by atoms with Crippen molar-refractivity contribution in [2.45, 2.75) is 37.5 Å². The Hall–Kier alpha value is 0.0700. The highest BCUT2D eigenvalue weighted by Crippen LogP contribution is 2.03. The van der Waals surface area contributed by atoms with E-state index in [0.29, 0.717) is 11.3 Å². The van der Waals surface area contributed by atoms with E-state index < -0.39 is 10.8 Å². The Morgan fingerprint density at radius 3 is 2.71 bits per heavy atom. The second kappa shape index (κ2) is 6.53. The van der Waals surface area contributed by atoms with Gasteiger partial charge in [-0.3, -0.25) is 4.21 Å². The fraction of sp³-hybridized carbons (Fsp3) is 1.00. The Morgan fingerprint density at radius 2 is 2.14 bits per heavy atom. The van der Waals surface area contributed by atoms with E-state index in [1.807, 2.05) is 0 Å². The Balaban J connectivity index is 2.05. The fourth-order valence-corrected chi connectivity index (χ4v) is 2.13. The Bertz CT molecular complexity index is 181. The minimum absolute atomic E-state index is 0.323. The van der Waals surface area contributed by atoms with Gasteiger partial charge in [-0.25, -0.2) is 0 Å². The van der Waals surface area contributed by atoms with Gasteiger partial charge in [0.1, 0.15) is 0 Å². The first kappa shape index (κ1) is 12.1. The van der Waals surface area contributed by atoms with Gasteiger partial charge in [0.2, 0.25) is 0 Å². The maximum Gasteiger partial charge on any atom is 0.0329 e. The molecule has 0 spiro atoms. The molecule has 1 saturated heterocycles. The van der Waals surface area contributed by atoms with Crippen molar-refractivity contribution >= 4 is 10.8 Å². The molecule has 0 bridgehead atoms. The van der Waals surface area contributed by atoms with Gasteiger partial charge in [0.15, 0.2) is 0 Å². The molecule has 0 saturated carbocycles. The van der Waals surface area contributed by atoms with Crippen molar-refractivity contribution in [3.05, 3.63) is 0 Å². The number of hydrogen-bond donors (Lipinski definition) is 2. The van der Waals surface area contributed by atoms with Crippen molar-refractivity contribution in [2.75, 3.05) is 25.9 Å². The maximum absolute atomic E-state index is 11.1. The summed E-state index contributed by atoms with van der Waals surface area (Å²) in [6.45, 7) is 5.32. The number of rotatable bonds is 5. The third-order valence-corrected chi connectivity index (χ3v) is 4.26. The molecule has 0 aliphatic carbocycles. The average molecular weight is 218 g/mol. The molecule has 2 atom stereocenters. The van der Waals surface area contributed by atoms with Crippen molar-refractivity contribution < 1.29 is 4.21 Å². The van der Waals surface area contributed by atoms with Crippen LogP contribution in [0.4, 0.5) is 0 Å². The fourth-order valence-electron chi connectivity index (χ4n) is 1.68. The predicted molar refractivity (Wildman–Crippen MR) is 62.0 cm³/mol. The largest absolute Gasteiger partial charge is 0.317 e. The molecule has 2 unspecified atom stereocenters. The van der Waals surface area contributed by atoms with E-state index in [0.717, 1.165) is 26.1 Å². The molecule has 4 heteroatoms. The van der Waals surface area contributed by atoms with E-state index in [4.69, 9.17) is 0 Å². The predicted octanol–water partition coefficient (Wildman–Crippen LogP) is 0.485. The van der Waals surface area contributed by atoms with Crippen LogP contribution >= 0.6 is 0 Å². The molecule has 14 heavy (non-hydrogen) atoms. The van der Waals surface area contributed by atoms with E-state index in [1.54, 1.807) is 6.26 Å². The topological polar surface area (TPSA) is 41.1 Å². The molecule has 0 amide bonds. The quantitative estimate of drug-likeness (QED) is 0.705. The number of piperidine rings is 1. The Labute approximate surface area is 89.5 Å². The van der Waals surface area contributed by atoms with E-state index in [9.17, 15) is 4.21 Å². The van der Waals surface area contributed by atoms with E-state index in [2.05, 4.69) is 17.6 Å². The molecular weight excluding hydrogens is 196 g/mol. The molecule has 0 radical (unpaired) electrons. The lowest BCUT2D eigenvalue weighted by atomic mass is 10.1. The maximum atomic E-state index is 11.1. The Kier molecular flexibility index (Phi) is 5.67. The van der Waals surface area contributed by atoms with Crippen molar-refractivity contribution in [2.24, 2.45) is 0 Å². The van der Waals surface area contributed by atoms with Gasteiger partial charge in [-0.05, 0) is 38.9 Å². The summed E-state index contributed by atoms with van der Waals surface area (Å²) in [5.74, 6) is 0. The van der Waals surface area contributed by atoms with Crippen molar-refractivity contribution in [1.29, 1.82) is 0 Å². The van der Waals surface area contributed by atoms with Gasteiger partial charge in [-0.15, -0.1) is 0 Å². The highest BCUT2D eigenvalue weighted by molar-refractivity contribution is 7.84. The zero-order valence-corrected chi connectivity index (χ0v) is 10.0. The molecular formula is C10H22N2OS. The van der Waals surface area contributed by atoms with Crippen LogP contribution in [0.25, 0.3) is 0 Å². The van der Waals surface area contributed by atoms with Crippen LogP contribution in [-0.2, 0) is 10.8 Å². The van der Waals surface area contributed by atoms with Gasteiger partial charge >= 0.3 is 0 Å². The summed E-state index contributed by atoms with van der Waals surface area (Å²) >= 11 is 0. The molecule has 2 N–H and O–H groups in total. The molecule has 84 valence electrons. The van der Waals surface area contributed by atoms with Gasteiger partial charge in [-0.1, -0.05) is 6.92 Å². The smallest absolute Gasteiger partial charge is 0.0329 e. The van der Waals surface area contributed by atoms with Gasteiger partial charge in [0.25, 0.3) is 0 Å². The minimum atomic E-state index is -0.669. The molecule has 1 aliphatic rings. The summed E-state index contributed by atoms with van der Waals surface area (Å²) in [6.07, 6.45) is 5.26. The molecule has 0 aromatic carbocycles. The summed E-state index contributed by atoms with van der Waals surface area (Å²) in [4.78, 5) is 0. The SMILES string of the molecule is CC(CCNC1CCNCC1)S(C)=O. The molecule has 1 aliphatic heterocycles. The third-order valence-electron chi connectivity index (χ3n) is 2.89. The minimum Gasteiger partial charge on any atom is -0.317 e. The standard InChI is InChI=1S/C10H22N2OS/c1-9(14(2)13)3-8-12-10-4-6-11-7-5-10/h9-12H,3-8H2,1-2H3. The lowest BCUT2D eigenvalue weighted by Gasteiger charge is -2.24. The summed E-state index contributed by atoms with van der Waals surface area (Å²) in [6, 6.07) is 0.675. The zero-order chi connectivity index (χ0) is 10.4. The lowest BCUT2D eigenvalue weighted by Crippen LogP contribution is -2.40. The summed E-state index contributed by atoms with van der Waals surface area (Å²) < 4.78 is 11.1. The van der Waals surface area contributed by atoms with Gasteiger partial charge in [-0.2, -0.15) is 0 Å². The molecule has 1 fully saturated rings. The Morgan fingerprint density at radius 1 is 1.50 bits per heavy atom. The van der Waals surface area contributed by atoms with Crippen molar-refractivity contribution in [3.63, 3.8) is 0 Å². The first-order valence-corrected chi connectivity index (χ1v) is 7.08. The third kappa shape index (κ3) is 4.53. The summed E-state index contributed by atoms with van der Waals surface area (Å²) in [5, 5.41) is 7.20. The van der Waals surface area contributed by atoms with Crippen LogP contribution in [-0.4, -0.2) is 41.4 Å². The van der Waals surface area contributed by atoms with Crippen LogP contribution in [0.1, 0.15) is 26.2 Å². The van der Waals surface area contributed by atoms with E-state index in [-0.39, 0.29) is 0 Å². The van der Waals surface area contributed by atoms with Crippen LogP contribution < -0.4 is 10.6 Å². The second-order valence-electron chi connectivity index (χ2n) is 4.08. The van der Waals surface area contributed by atoms with Gasteiger partial charge in [0.05, 0.1) is 0 Å². The monoisotopic (exact) mass is 218 g/mol.